The Morgan fingerprint density at radius 2 is 2.05 bits per heavy atom. The normalized spacial score (nSPS) is 10.3. The third-order valence-electron chi connectivity index (χ3n) is 2.51. The van der Waals surface area contributed by atoms with Crippen molar-refractivity contribution < 1.29 is 9.18 Å². The van der Waals surface area contributed by atoms with E-state index in [2.05, 4.69) is 20.8 Å². The van der Waals surface area contributed by atoms with E-state index in [1.54, 1.807) is 12.1 Å². The number of nitrogens with one attached hydrogen (secondary N) is 2. The smallest absolute Gasteiger partial charge is 0.282 e. The first-order chi connectivity index (χ1) is 9.69. The van der Waals surface area contributed by atoms with E-state index in [0.29, 0.717) is 16.7 Å². The predicted octanol–water partition coefficient (Wildman–Crippen LogP) is 2.43. The largest absolute Gasteiger partial charge is 0.360 e. The van der Waals surface area contributed by atoms with Gasteiger partial charge in [-0.3, -0.25) is 4.79 Å². The van der Waals surface area contributed by atoms with Crippen LogP contribution in [-0.2, 0) is 6.54 Å². The number of carbonyl (C=O) groups is 1. The maximum atomic E-state index is 12.7. The van der Waals surface area contributed by atoms with E-state index in [1.807, 2.05) is 6.92 Å². The molecule has 2 aromatic rings. The second-order valence-corrected chi connectivity index (χ2v) is 5.13. The molecule has 2 rings (SSSR count). The van der Waals surface area contributed by atoms with Crippen molar-refractivity contribution in [1.82, 2.24) is 15.5 Å². The van der Waals surface area contributed by atoms with Gasteiger partial charge in [0.05, 0.1) is 0 Å². The molecular weight excluding hydrogens is 279 g/mol. The molecule has 0 aliphatic rings. The van der Waals surface area contributed by atoms with Gasteiger partial charge in [0, 0.05) is 13.1 Å². The monoisotopic (exact) mass is 294 g/mol. The summed E-state index contributed by atoms with van der Waals surface area (Å²) in [5.74, 6) is -0.577. The first-order valence-corrected chi connectivity index (χ1v) is 7.10. The van der Waals surface area contributed by atoms with E-state index >= 15 is 0 Å². The summed E-state index contributed by atoms with van der Waals surface area (Å²) < 4.78 is 12.7. The quantitative estimate of drug-likeness (QED) is 0.858. The molecule has 1 aromatic heterocycles. The molecule has 20 heavy (non-hydrogen) atoms. The molecular formula is C13H15FN4OS. The van der Waals surface area contributed by atoms with Crippen molar-refractivity contribution in [2.24, 2.45) is 0 Å². The lowest BCUT2D eigenvalue weighted by Gasteiger charge is -2.02. The van der Waals surface area contributed by atoms with Crippen molar-refractivity contribution in [2.45, 2.75) is 19.9 Å². The molecule has 0 atom stereocenters. The van der Waals surface area contributed by atoms with E-state index < -0.39 is 0 Å². The average molecular weight is 294 g/mol. The lowest BCUT2D eigenvalue weighted by molar-refractivity contribution is 0.0950. The molecule has 0 aliphatic heterocycles. The van der Waals surface area contributed by atoms with Crippen molar-refractivity contribution in [2.75, 3.05) is 11.9 Å². The minimum Gasteiger partial charge on any atom is -0.360 e. The molecule has 0 saturated heterocycles. The summed E-state index contributed by atoms with van der Waals surface area (Å²) in [6.07, 6.45) is 0.978. The maximum absolute atomic E-state index is 12.7. The number of amides is 1. The summed E-state index contributed by atoms with van der Waals surface area (Å²) in [6, 6.07) is 5.98. The highest BCUT2D eigenvalue weighted by Crippen LogP contribution is 2.15. The zero-order valence-electron chi connectivity index (χ0n) is 11.0. The molecule has 0 unspecified atom stereocenters. The summed E-state index contributed by atoms with van der Waals surface area (Å²) in [4.78, 5) is 11.9. The molecule has 0 saturated carbocycles. The van der Waals surface area contributed by atoms with E-state index in [0.717, 1.165) is 18.5 Å². The van der Waals surface area contributed by atoms with Crippen LogP contribution < -0.4 is 10.6 Å². The highest BCUT2D eigenvalue weighted by atomic mass is 32.1. The van der Waals surface area contributed by atoms with Gasteiger partial charge in [0.25, 0.3) is 5.91 Å². The van der Waals surface area contributed by atoms with Crippen molar-refractivity contribution in [3.8, 4) is 0 Å². The molecule has 106 valence electrons. The molecule has 0 spiro atoms. The van der Waals surface area contributed by atoms with E-state index in [1.165, 1.54) is 23.5 Å². The van der Waals surface area contributed by atoms with Crippen LogP contribution in [0.1, 0.15) is 28.7 Å². The molecule has 0 aliphatic carbocycles. The van der Waals surface area contributed by atoms with Gasteiger partial charge in [-0.05, 0) is 24.1 Å². The van der Waals surface area contributed by atoms with Crippen LogP contribution in [0.4, 0.5) is 9.52 Å². The minimum absolute atomic E-state index is 0.281. The Bertz CT molecular complexity index is 570. The number of hydrogen-bond acceptors (Lipinski definition) is 5. The maximum Gasteiger partial charge on any atom is 0.282 e. The standard InChI is InChI=1S/C13H15FN4OS/c1-2-7-15-13-18-17-12(20-13)11(19)16-8-9-3-5-10(14)6-4-9/h3-6H,2,7-8H2,1H3,(H,15,18)(H,16,19). The number of aromatic nitrogens is 2. The van der Waals surface area contributed by atoms with Gasteiger partial charge in [-0.2, -0.15) is 0 Å². The van der Waals surface area contributed by atoms with Crippen LogP contribution in [0.15, 0.2) is 24.3 Å². The van der Waals surface area contributed by atoms with Crippen molar-refractivity contribution in [3.63, 3.8) is 0 Å². The minimum atomic E-state index is -0.296. The van der Waals surface area contributed by atoms with Crippen LogP contribution in [0.25, 0.3) is 0 Å². The Labute approximate surface area is 120 Å². The fourth-order valence-corrected chi connectivity index (χ4v) is 2.16. The third-order valence-corrected chi connectivity index (χ3v) is 3.39. The Balaban J connectivity index is 1.88. The highest BCUT2D eigenvalue weighted by Gasteiger charge is 2.12. The fourth-order valence-electron chi connectivity index (χ4n) is 1.48. The Morgan fingerprint density at radius 1 is 1.30 bits per heavy atom. The zero-order valence-corrected chi connectivity index (χ0v) is 11.8. The van der Waals surface area contributed by atoms with Gasteiger partial charge in [0.1, 0.15) is 5.82 Å². The van der Waals surface area contributed by atoms with Gasteiger partial charge in [-0.1, -0.05) is 30.4 Å². The number of carbonyl (C=O) groups excluding carboxylic acids is 1. The van der Waals surface area contributed by atoms with Gasteiger partial charge < -0.3 is 10.6 Å². The van der Waals surface area contributed by atoms with Crippen LogP contribution in [0.3, 0.4) is 0 Å². The van der Waals surface area contributed by atoms with Crippen LogP contribution in [0.2, 0.25) is 0 Å². The summed E-state index contributed by atoms with van der Waals surface area (Å²) in [5, 5.41) is 14.5. The molecule has 0 fully saturated rings. The zero-order chi connectivity index (χ0) is 14.4. The van der Waals surface area contributed by atoms with E-state index in [9.17, 15) is 9.18 Å². The lowest BCUT2D eigenvalue weighted by Crippen LogP contribution is -2.22. The number of anilines is 1. The van der Waals surface area contributed by atoms with E-state index in [4.69, 9.17) is 0 Å². The fraction of sp³-hybridized carbons (Fsp3) is 0.308. The van der Waals surface area contributed by atoms with Crippen LogP contribution in [0, 0.1) is 5.82 Å². The summed E-state index contributed by atoms with van der Waals surface area (Å²) in [7, 11) is 0. The van der Waals surface area contributed by atoms with Crippen molar-refractivity contribution >= 4 is 22.4 Å². The molecule has 2 N–H and O–H groups in total. The Hall–Kier alpha value is -2.02. The second kappa shape index (κ2) is 6.95. The number of halogens is 1. The SMILES string of the molecule is CCCNc1nnc(C(=O)NCc2ccc(F)cc2)s1. The van der Waals surface area contributed by atoms with Gasteiger partial charge in [-0.15, -0.1) is 10.2 Å². The topological polar surface area (TPSA) is 66.9 Å². The van der Waals surface area contributed by atoms with Gasteiger partial charge in [0.2, 0.25) is 10.1 Å². The van der Waals surface area contributed by atoms with Crippen molar-refractivity contribution in [3.05, 3.63) is 40.7 Å². The van der Waals surface area contributed by atoms with Crippen LogP contribution in [-0.4, -0.2) is 22.6 Å². The predicted molar refractivity (Wildman–Crippen MR) is 76.3 cm³/mol. The summed E-state index contributed by atoms with van der Waals surface area (Å²) >= 11 is 1.21. The molecule has 0 radical (unpaired) electrons. The number of rotatable bonds is 6. The summed E-state index contributed by atoms with van der Waals surface area (Å²) in [6.45, 7) is 3.17. The Kier molecular flexibility index (Phi) is 5.00. The average Bonchev–Trinajstić information content (AvgIpc) is 2.93. The highest BCUT2D eigenvalue weighted by molar-refractivity contribution is 7.17. The molecule has 5 nitrogen and oxygen atoms in total. The van der Waals surface area contributed by atoms with Crippen LogP contribution in [0.5, 0.6) is 0 Å². The first-order valence-electron chi connectivity index (χ1n) is 6.29. The first kappa shape index (κ1) is 14.4. The molecule has 1 heterocycles. The molecule has 0 bridgehead atoms. The number of benzene rings is 1. The third kappa shape index (κ3) is 3.99. The van der Waals surface area contributed by atoms with Gasteiger partial charge >= 0.3 is 0 Å². The van der Waals surface area contributed by atoms with Gasteiger partial charge in [-0.25, -0.2) is 4.39 Å². The molecule has 1 amide bonds. The Morgan fingerprint density at radius 3 is 2.75 bits per heavy atom. The van der Waals surface area contributed by atoms with Crippen molar-refractivity contribution in [1.29, 1.82) is 0 Å². The second-order valence-electron chi connectivity index (χ2n) is 4.15. The van der Waals surface area contributed by atoms with Gasteiger partial charge in [0.15, 0.2) is 0 Å². The van der Waals surface area contributed by atoms with Crippen LogP contribution >= 0.6 is 11.3 Å². The number of hydrogen-bond donors (Lipinski definition) is 2. The summed E-state index contributed by atoms with van der Waals surface area (Å²) in [5.41, 5.74) is 0.827. The lowest BCUT2D eigenvalue weighted by atomic mass is 10.2. The molecule has 1 aromatic carbocycles. The van der Waals surface area contributed by atoms with E-state index in [-0.39, 0.29) is 11.7 Å². The molecule has 7 heteroatoms. The number of nitrogens with zero attached hydrogens (tertiary/aromatic N) is 2.